The van der Waals surface area contributed by atoms with E-state index in [-0.39, 0.29) is 0 Å². The summed E-state index contributed by atoms with van der Waals surface area (Å²) in [6, 6.07) is 11.1. The molecule has 0 spiro atoms. The molecule has 0 saturated heterocycles. The van der Waals surface area contributed by atoms with Gasteiger partial charge in [0.2, 0.25) is 0 Å². The molecule has 2 rings (SSSR count). The van der Waals surface area contributed by atoms with Crippen LogP contribution in [0.4, 0.5) is 0 Å². The van der Waals surface area contributed by atoms with E-state index in [1.807, 2.05) is 18.0 Å². The second kappa shape index (κ2) is 8.25. The fraction of sp³-hybridized carbons (Fsp3) is 0.471. The quantitative estimate of drug-likeness (QED) is 0.746. The van der Waals surface area contributed by atoms with Gasteiger partial charge in [0, 0.05) is 23.4 Å². The van der Waals surface area contributed by atoms with Crippen molar-refractivity contribution in [1.29, 1.82) is 0 Å². The minimum Gasteiger partial charge on any atom is -0.308 e. The first-order valence-corrected chi connectivity index (χ1v) is 8.68. The molecule has 1 aromatic heterocycles. The van der Waals surface area contributed by atoms with Crippen molar-refractivity contribution >= 4 is 11.8 Å². The van der Waals surface area contributed by atoms with Crippen LogP contribution in [0.2, 0.25) is 0 Å². The van der Waals surface area contributed by atoms with E-state index in [9.17, 15) is 0 Å². The Bertz CT molecular complexity index is 550. The summed E-state index contributed by atoms with van der Waals surface area (Å²) in [7, 11) is 0. The van der Waals surface area contributed by atoms with Crippen LogP contribution in [-0.4, -0.2) is 22.1 Å². The number of rotatable bonds is 8. The molecule has 0 bridgehead atoms. The Kier molecular flexibility index (Phi) is 6.33. The van der Waals surface area contributed by atoms with E-state index in [2.05, 4.69) is 66.2 Å². The zero-order valence-corrected chi connectivity index (χ0v) is 14.0. The van der Waals surface area contributed by atoms with E-state index in [1.54, 1.807) is 0 Å². The van der Waals surface area contributed by atoms with Crippen LogP contribution in [0.5, 0.6) is 0 Å². The topological polar surface area (TPSA) is 29.9 Å². The van der Waals surface area contributed by atoms with Crippen molar-refractivity contribution < 1.29 is 0 Å². The van der Waals surface area contributed by atoms with E-state index < -0.39 is 0 Å². The first-order chi connectivity index (χ1) is 10.3. The summed E-state index contributed by atoms with van der Waals surface area (Å²) in [5.41, 5.74) is 2.63. The smallest absolute Gasteiger partial charge is 0.0587 e. The second-order valence-electron chi connectivity index (χ2n) is 5.16. The molecule has 3 nitrogen and oxygen atoms in total. The lowest BCUT2D eigenvalue weighted by Crippen LogP contribution is -2.26. The predicted octanol–water partition coefficient (Wildman–Crippen LogP) is 4.04. The summed E-state index contributed by atoms with van der Waals surface area (Å²) in [5.74, 6) is 1.02. The molecule has 1 N–H and O–H groups in total. The number of aryl methyl sites for hydroxylation is 2. The highest BCUT2D eigenvalue weighted by atomic mass is 32.2. The zero-order valence-electron chi connectivity index (χ0n) is 13.2. The highest BCUT2D eigenvalue weighted by Crippen LogP contribution is 2.27. The number of nitrogens with zero attached hydrogens (tertiary/aromatic N) is 2. The first kappa shape index (κ1) is 16.1. The SMILES string of the molecule is CCCNC(CSc1ccccc1C)c1ccnn1CC. The number of benzene rings is 1. The van der Waals surface area contributed by atoms with Crippen LogP contribution in [0.25, 0.3) is 0 Å². The third-order valence-electron chi connectivity index (χ3n) is 3.55. The van der Waals surface area contributed by atoms with Crippen molar-refractivity contribution in [2.45, 2.75) is 44.7 Å². The van der Waals surface area contributed by atoms with Gasteiger partial charge in [0.05, 0.1) is 11.7 Å². The zero-order chi connectivity index (χ0) is 15.1. The molecule has 0 amide bonds. The van der Waals surface area contributed by atoms with Gasteiger partial charge < -0.3 is 5.32 Å². The Balaban J connectivity index is 2.08. The van der Waals surface area contributed by atoms with Crippen LogP contribution in [0.15, 0.2) is 41.4 Å². The fourth-order valence-electron chi connectivity index (χ4n) is 2.36. The average Bonchev–Trinajstić information content (AvgIpc) is 2.97. The molecule has 2 aromatic rings. The summed E-state index contributed by atoms with van der Waals surface area (Å²) in [5, 5.41) is 8.06. The molecule has 0 saturated carbocycles. The van der Waals surface area contributed by atoms with Gasteiger partial charge in [0.25, 0.3) is 0 Å². The fourth-order valence-corrected chi connectivity index (χ4v) is 3.47. The maximum absolute atomic E-state index is 4.40. The lowest BCUT2D eigenvalue weighted by Gasteiger charge is -2.20. The highest BCUT2D eigenvalue weighted by Gasteiger charge is 2.15. The summed E-state index contributed by atoms with van der Waals surface area (Å²) in [4.78, 5) is 1.36. The lowest BCUT2D eigenvalue weighted by atomic mass is 10.2. The summed E-state index contributed by atoms with van der Waals surface area (Å²) >= 11 is 1.92. The Morgan fingerprint density at radius 1 is 1.24 bits per heavy atom. The molecule has 1 heterocycles. The molecule has 114 valence electrons. The van der Waals surface area contributed by atoms with Gasteiger partial charge in [-0.2, -0.15) is 5.10 Å². The van der Waals surface area contributed by atoms with Gasteiger partial charge in [-0.1, -0.05) is 25.1 Å². The van der Waals surface area contributed by atoms with E-state index in [1.165, 1.54) is 16.2 Å². The Morgan fingerprint density at radius 2 is 2.05 bits per heavy atom. The van der Waals surface area contributed by atoms with E-state index in [0.717, 1.165) is 25.3 Å². The van der Waals surface area contributed by atoms with Crippen LogP contribution in [0.3, 0.4) is 0 Å². The van der Waals surface area contributed by atoms with Gasteiger partial charge in [-0.25, -0.2) is 0 Å². The number of hydrogen-bond acceptors (Lipinski definition) is 3. The highest BCUT2D eigenvalue weighted by molar-refractivity contribution is 7.99. The molecule has 21 heavy (non-hydrogen) atoms. The van der Waals surface area contributed by atoms with Crippen LogP contribution in [0, 0.1) is 6.92 Å². The lowest BCUT2D eigenvalue weighted by molar-refractivity contribution is 0.514. The van der Waals surface area contributed by atoms with Gasteiger partial charge in [-0.05, 0) is 44.5 Å². The molecule has 0 aliphatic rings. The van der Waals surface area contributed by atoms with E-state index in [0.29, 0.717) is 6.04 Å². The minimum absolute atomic E-state index is 0.344. The third kappa shape index (κ3) is 4.35. The monoisotopic (exact) mass is 303 g/mol. The molecule has 1 atom stereocenters. The number of thioether (sulfide) groups is 1. The number of hydrogen-bond donors (Lipinski definition) is 1. The third-order valence-corrected chi connectivity index (χ3v) is 4.81. The maximum atomic E-state index is 4.40. The molecule has 0 aliphatic carbocycles. The normalized spacial score (nSPS) is 12.5. The van der Waals surface area contributed by atoms with Crippen molar-refractivity contribution in [2.24, 2.45) is 0 Å². The Hall–Kier alpha value is -1.26. The van der Waals surface area contributed by atoms with Crippen molar-refractivity contribution in [2.75, 3.05) is 12.3 Å². The minimum atomic E-state index is 0.344. The van der Waals surface area contributed by atoms with Gasteiger partial charge in [-0.3, -0.25) is 4.68 Å². The standard InChI is InChI=1S/C17H25N3S/c1-4-11-18-15(16-10-12-19-20(16)5-2)13-21-17-9-7-6-8-14(17)3/h6-10,12,15,18H,4-5,11,13H2,1-3H3. The molecular formula is C17H25N3S. The summed E-state index contributed by atoms with van der Waals surface area (Å²) in [6.45, 7) is 8.47. The van der Waals surface area contributed by atoms with Crippen LogP contribution < -0.4 is 5.32 Å². The number of aromatic nitrogens is 2. The van der Waals surface area contributed by atoms with Gasteiger partial charge >= 0.3 is 0 Å². The molecule has 4 heteroatoms. The van der Waals surface area contributed by atoms with Crippen molar-refractivity contribution in [1.82, 2.24) is 15.1 Å². The van der Waals surface area contributed by atoms with E-state index in [4.69, 9.17) is 0 Å². The van der Waals surface area contributed by atoms with Crippen LogP contribution >= 0.6 is 11.8 Å². The Labute approximate surface area is 132 Å². The van der Waals surface area contributed by atoms with Crippen molar-refractivity contribution in [3.8, 4) is 0 Å². The van der Waals surface area contributed by atoms with Crippen molar-refractivity contribution in [3.63, 3.8) is 0 Å². The molecule has 1 aromatic carbocycles. The van der Waals surface area contributed by atoms with Crippen molar-refractivity contribution in [3.05, 3.63) is 47.8 Å². The molecule has 1 unspecified atom stereocenters. The maximum Gasteiger partial charge on any atom is 0.0587 e. The van der Waals surface area contributed by atoms with Gasteiger partial charge in [0.1, 0.15) is 0 Å². The molecule has 0 radical (unpaired) electrons. The van der Waals surface area contributed by atoms with Gasteiger partial charge in [-0.15, -0.1) is 11.8 Å². The summed E-state index contributed by atoms with van der Waals surface area (Å²) in [6.07, 6.45) is 3.05. The van der Waals surface area contributed by atoms with E-state index >= 15 is 0 Å². The predicted molar refractivity (Wildman–Crippen MR) is 90.8 cm³/mol. The van der Waals surface area contributed by atoms with Crippen LogP contribution in [-0.2, 0) is 6.54 Å². The molecule has 0 fully saturated rings. The Morgan fingerprint density at radius 3 is 2.76 bits per heavy atom. The largest absolute Gasteiger partial charge is 0.308 e. The number of nitrogens with one attached hydrogen (secondary N) is 1. The van der Waals surface area contributed by atoms with Gasteiger partial charge in [0.15, 0.2) is 0 Å². The summed E-state index contributed by atoms with van der Waals surface area (Å²) < 4.78 is 2.09. The molecular weight excluding hydrogens is 278 g/mol. The first-order valence-electron chi connectivity index (χ1n) is 7.69. The average molecular weight is 303 g/mol. The molecule has 0 aliphatic heterocycles. The van der Waals surface area contributed by atoms with Crippen LogP contribution in [0.1, 0.15) is 37.6 Å². The second-order valence-corrected chi connectivity index (χ2v) is 6.22.